The van der Waals surface area contributed by atoms with Gasteiger partial charge < -0.3 is 9.64 Å². The highest BCUT2D eigenvalue weighted by molar-refractivity contribution is 5.93. The van der Waals surface area contributed by atoms with E-state index in [1.54, 1.807) is 24.5 Å². The average molecular weight is 349 g/mol. The van der Waals surface area contributed by atoms with Crippen molar-refractivity contribution in [2.75, 3.05) is 13.1 Å². The monoisotopic (exact) mass is 349 g/mol. The van der Waals surface area contributed by atoms with Gasteiger partial charge in [-0.3, -0.25) is 9.89 Å². The second-order valence-electron chi connectivity index (χ2n) is 6.17. The van der Waals surface area contributed by atoms with Gasteiger partial charge in [0.05, 0.1) is 5.69 Å². The summed E-state index contributed by atoms with van der Waals surface area (Å²) in [5, 5.41) is 7.12. The van der Waals surface area contributed by atoms with Gasteiger partial charge in [-0.25, -0.2) is 9.97 Å². The third kappa shape index (κ3) is 3.56. The fraction of sp³-hybridized carbons (Fsp3) is 0.263. The number of rotatable bonds is 4. The number of hydrogen-bond acceptors (Lipinski definition) is 5. The molecule has 0 saturated carbocycles. The summed E-state index contributed by atoms with van der Waals surface area (Å²) < 4.78 is 5.77. The molecule has 1 N–H and O–H groups in total. The summed E-state index contributed by atoms with van der Waals surface area (Å²) in [4.78, 5) is 22.7. The first-order chi connectivity index (χ1) is 12.8. The van der Waals surface area contributed by atoms with Crippen molar-refractivity contribution in [2.45, 2.75) is 18.9 Å². The standard InChI is InChI=1S/C19H19N5O2/c25-18(17-13-16(22-23-17)14-5-2-1-3-6-14)24-11-7-15(8-12-24)26-19-20-9-4-10-21-19/h1-6,9-10,13,15H,7-8,11-12H2,(H,22,23). The summed E-state index contributed by atoms with van der Waals surface area (Å²) in [6.07, 6.45) is 4.85. The average Bonchev–Trinajstić information content (AvgIpc) is 3.20. The van der Waals surface area contributed by atoms with E-state index in [2.05, 4.69) is 20.2 Å². The number of aromatic nitrogens is 4. The Labute approximate surface area is 151 Å². The summed E-state index contributed by atoms with van der Waals surface area (Å²) in [5.41, 5.74) is 2.26. The summed E-state index contributed by atoms with van der Waals surface area (Å²) in [7, 11) is 0. The number of benzene rings is 1. The molecule has 1 aliphatic rings. The number of amides is 1. The van der Waals surface area contributed by atoms with Crippen LogP contribution in [0.15, 0.2) is 54.9 Å². The molecule has 0 bridgehead atoms. The van der Waals surface area contributed by atoms with Crippen LogP contribution < -0.4 is 4.74 Å². The highest BCUT2D eigenvalue weighted by atomic mass is 16.5. The molecule has 4 rings (SSSR count). The van der Waals surface area contributed by atoms with E-state index in [4.69, 9.17) is 4.74 Å². The Morgan fingerprint density at radius 1 is 1.08 bits per heavy atom. The molecular weight excluding hydrogens is 330 g/mol. The van der Waals surface area contributed by atoms with E-state index in [0.717, 1.165) is 24.1 Å². The summed E-state index contributed by atoms with van der Waals surface area (Å²) in [5.74, 6) is -0.0332. The number of hydrogen-bond donors (Lipinski definition) is 1. The minimum Gasteiger partial charge on any atom is -0.460 e. The van der Waals surface area contributed by atoms with Crippen LogP contribution in [0.25, 0.3) is 11.3 Å². The number of H-pyrrole nitrogens is 1. The Bertz CT molecular complexity index is 858. The topological polar surface area (TPSA) is 84.0 Å². The molecule has 0 atom stereocenters. The molecule has 1 amide bonds. The third-order valence-electron chi connectivity index (χ3n) is 4.42. The number of nitrogens with one attached hydrogen (secondary N) is 1. The smallest absolute Gasteiger partial charge is 0.316 e. The van der Waals surface area contributed by atoms with Crippen LogP contribution >= 0.6 is 0 Å². The van der Waals surface area contributed by atoms with Crippen molar-refractivity contribution < 1.29 is 9.53 Å². The van der Waals surface area contributed by atoms with Gasteiger partial charge in [0.15, 0.2) is 0 Å². The zero-order chi connectivity index (χ0) is 17.8. The maximum absolute atomic E-state index is 12.7. The van der Waals surface area contributed by atoms with Crippen LogP contribution in [-0.2, 0) is 0 Å². The van der Waals surface area contributed by atoms with Crippen molar-refractivity contribution in [3.05, 3.63) is 60.6 Å². The largest absolute Gasteiger partial charge is 0.460 e. The van der Waals surface area contributed by atoms with Crippen LogP contribution in [0.1, 0.15) is 23.3 Å². The van der Waals surface area contributed by atoms with Gasteiger partial charge in [0.2, 0.25) is 0 Å². The zero-order valence-corrected chi connectivity index (χ0v) is 14.2. The van der Waals surface area contributed by atoms with Crippen molar-refractivity contribution in [1.29, 1.82) is 0 Å². The summed E-state index contributed by atoms with van der Waals surface area (Å²) in [6, 6.07) is 13.7. The number of piperidine rings is 1. The maximum Gasteiger partial charge on any atom is 0.316 e. The van der Waals surface area contributed by atoms with Crippen molar-refractivity contribution in [1.82, 2.24) is 25.1 Å². The molecule has 0 aliphatic carbocycles. The van der Waals surface area contributed by atoms with Crippen LogP contribution in [0.2, 0.25) is 0 Å². The van der Waals surface area contributed by atoms with Crippen molar-refractivity contribution in [3.8, 4) is 17.3 Å². The quantitative estimate of drug-likeness (QED) is 0.782. The second kappa shape index (κ2) is 7.35. The SMILES string of the molecule is O=C(c1cc(-c2ccccc2)n[nH]1)N1CCC(Oc2ncccn2)CC1. The number of aromatic amines is 1. The molecule has 7 nitrogen and oxygen atoms in total. The molecular formula is C19H19N5O2. The van der Waals surface area contributed by atoms with Crippen molar-refractivity contribution in [3.63, 3.8) is 0 Å². The number of carbonyl (C=O) groups excluding carboxylic acids is 1. The van der Waals surface area contributed by atoms with Gasteiger partial charge in [-0.2, -0.15) is 5.10 Å². The van der Waals surface area contributed by atoms with Crippen LogP contribution in [0, 0.1) is 0 Å². The lowest BCUT2D eigenvalue weighted by atomic mass is 10.1. The molecule has 1 aromatic carbocycles. The van der Waals surface area contributed by atoms with Gasteiger partial charge in [0, 0.05) is 43.9 Å². The first kappa shape index (κ1) is 16.3. The molecule has 26 heavy (non-hydrogen) atoms. The molecule has 0 radical (unpaired) electrons. The first-order valence-electron chi connectivity index (χ1n) is 8.63. The van der Waals surface area contributed by atoms with Gasteiger partial charge in [-0.1, -0.05) is 30.3 Å². The highest BCUT2D eigenvalue weighted by Gasteiger charge is 2.26. The van der Waals surface area contributed by atoms with E-state index in [1.807, 2.05) is 35.2 Å². The highest BCUT2D eigenvalue weighted by Crippen LogP contribution is 2.20. The Kier molecular flexibility index (Phi) is 4.59. The van der Waals surface area contributed by atoms with E-state index in [-0.39, 0.29) is 12.0 Å². The van der Waals surface area contributed by atoms with E-state index in [9.17, 15) is 4.79 Å². The molecule has 3 aromatic rings. The normalized spacial score (nSPS) is 15.0. The molecule has 132 valence electrons. The fourth-order valence-electron chi connectivity index (χ4n) is 3.03. The van der Waals surface area contributed by atoms with Gasteiger partial charge in [-0.05, 0) is 12.1 Å². The van der Waals surface area contributed by atoms with Crippen LogP contribution in [0.3, 0.4) is 0 Å². The van der Waals surface area contributed by atoms with E-state index in [0.29, 0.717) is 24.8 Å². The van der Waals surface area contributed by atoms with Crippen LogP contribution in [-0.4, -0.2) is 50.2 Å². The van der Waals surface area contributed by atoms with Crippen molar-refractivity contribution in [2.24, 2.45) is 0 Å². The molecule has 1 saturated heterocycles. The second-order valence-corrected chi connectivity index (χ2v) is 6.17. The van der Waals surface area contributed by atoms with Crippen LogP contribution in [0.4, 0.5) is 0 Å². The van der Waals surface area contributed by atoms with Crippen LogP contribution in [0.5, 0.6) is 6.01 Å². The molecule has 7 heteroatoms. The van der Waals surface area contributed by atoms with E-state index < -0.39 is 0 Å². The van der Waals surface area contributed by atoms with Gasteiger partial charge in [0.25, 0.3) is 5.91 Å². The van der Waals surface area contributed by atoms with Gasteiger partial charge in [-0.15, -0.1) is 0 Å². The maximum atomic E-state index is 12.7. The molecule has 3 heterocycles. The molecule has 0 spiro atoms. The van der Waals surface area contributed by atoms with E-state index in [1.165, 1.54) is 0 Å². The van der Waals surface area contributed by atoms with E-state index >= 15 is 0 Å². The Hall–Kier alpha value is -3.22. The van der Waals surface area contributed by atoms with Crippen molar-refractivity contribution >= 4 is 5.91 Å². The lowest BCUT2D eigenvalue weighted by molar-refractivity contribution is 0.0573. The predicted molar refractivity (Wildman–Crippen MR) is 95.6 cm³/mol. The number of ether oxygens (including phenoxy) is 1. The lowest BCUT2D eigenvalue weighted by Gasteiger charge is -2.31. The molecule has 1 fully saturated rings. The minimum absolute atomic E-state index is 0.0306. The molecule has 0 unspecified atom stereocenters. The number of likely N-dealkylation sites (tertiary alicyclic amines) is 1. The predicted octanol–water partition coefficient (Wildman–Crippen LogP) is 2.55. The zero-order valence-electron chi connectivity index (χ0n) is 14.2. The third-order valence-corrected chi connectivity index (χ3v) is 4.42. The fourth-order valence-corrected chi connectivity index (χ4v) is 3.03. The van der Waals surface area contributed by atoms with Gasteiger partial charge in [0.1, 0.15) is 11.8 Å². The summed E-state index contributed by atoms with van der Waals surface area (Å²) in [6.45, 7) is 1.27. The Morgan fingerprint density at radius 2 is 1.81 bits per heavy atom. The number of carbonyl (C=O) groups is 1. The Morgan fingerprint density at radius 3 is 2.54 bits per heavy atom. The molecule has 2 aromatic heterocycles. The van der Waals surface area contributed by atoms with Gasteiger partial charge >= 0.3 is 6.01 Å². The minimum atomic E-state index is -0.0332. The molecule has 1 aliphatic heterocycles. The summed E-state index contributed by atoms with van der Waals surface area (Å²) >= 11 is 0. The number of nitrogens with zero attached hydrogens (tertiary/aromatic N) is 4. The lowest BCUT2D eigenvalue weighted by Crippen LogP contribution is -2.42. The first-order valence-corrected chi connectivity index (χ1v) is 8.63. The Balaban J connectivity index is 1.36.